The molecule has 2 aromatic rings. The van der Waals surface area contributed by atoms with Crippen LogP contribution < -0.4 is 0 Å². The average Bonchev–Trinajstić information content (AvgIpc) is 3.05. The van der Waals surface area contributed by atoms with Gasteiger partial charge in [-0.1, -0.05) is 12.1 Å². The van der Waals surface area contributed by atoms with Crippen LogP contribution in [0.25, 0.3) is 10.2 Å². The van der Waals surface area contributed by atoms with Gasteiger partial charge in [0.2, 0.25) is 5.91 Å². The van der Waals surface area contributed by atoms with Crippen LogP contribution in [-0.2, 0) is 16.1 Å². The van der Waals surface area contributed by atoms with Crippen molar-refractivity contribution in [1.82, 2.24) is 14.8 Å². The number of rotatable bonds is 3. The molecule has 1 aromatic carbocycles. The van der Waals surface area contributed by atoms with E-state index in [2.05, 4.69) is 23.1 Å². The Kier molecular flexibility index (Phi) is 4.78. The van der Waals surface area contributed by atoms with E-state index in [0.29, 0.717) is 5.91 Å². The number of piperazine rings is 1. The van der Waals surface area contributed by atoms with E-state index in [4.69, 9.17) is 9.72 Å². The van der Waals surface area contributed by atoms with Crippen LogP contribution in [0.5, 0.6) is 0 Å². The number of benzene rings is 1. The van der Waals surface area contributed by atoms with E-state index in [1.54, 1.807) is 11.3 Å². The summed E-state index contributed by atoms with van der Waals surface area (Å²) in [5, 5.41) is 1.17. The van der Waals surface area contributed by atoms with E-state index in [0.717, 1.165) is 64.3 Å². The van der Waals surface area contributed by atoms with Crippen molar-refractivity contribution in [1.29, 1.82) is 0 Å². The van der Waals surface area contributed by atoms with Crippen LogP contribution in [0.15, 0.2) is 24.3 Å². The number of carbonyl (C=O) groups is 1. The molecule has 2 fully saturated rings. The third-order valence-corrected chi connectivity index (χ3v) is 5.97. The monoisotopic (exact) mass is 345 g/mol. The SMILES string of the molecule is O=C(C1CCOCC1)N1CCN(Cc2nc3ccccc3s2)CC1. The molecule has 6 heteroatoms. The van der Waals surface area contributed by atoms with Crippen molar-refractivity contribution in [2.24, 2.45) is 5.92 Å². The fourth-order valence-corrected chi connectivity index (χ4v) is 4.52. The minimum Gasteiger partial charge on any atom is -0.381 e. The minimum atomic E-state index is 0.176. The van der Waals surface area contributed by atoms with Crippen LogP contribution >= 0.6 is 11.3 Å². The number of hydrogen-bond donors (Lipinski definition) is 0. The second-order valence-electron chi connectivity index (χ2n) is 6.56. The van der Waals surface area contributed by atoms with Crippen LogP contribution in [0, 0.1) is 5.92 Å². The quantitative estimate of drug-likeness (QED) is 0.857. The highest BCUT2D eigenvalue weighted by molar-refractivity contribution is 7.18. The Bertz CT molecular complexity index is 670. The molecule has 1 aromatic heterocycles. The molecule has 0 radical (unpaired) electrons. The van der Waals surface area contributed by atoms with Crippen molar-refractivity contribution in [3.63, 3.8) is 0 Å². The standard InChI is InChI=1S/C18H23N3O2S/c22-18(14-5-11-23-12-6-14)21-9-7-20(8-10-21)13-17-19-15-3-1-2-4-16(15)24-17/h1-4,14H,5-13H2. The summed E-state index contributed by atoms with van der Waals surface area (Å²) in [7, 11) is 0. The van der Waals surface area contributed by atoms with Crippen molar-refractivity contribution in [3.05, 3.63) is 29.3 Å². The molecule has 24 heavy (non-hydrogen) atoms. The molecule has 1 amide bonds. The van der Waals surface area contributed by atoms with Crippen LogP contribution in [0.4, 0.5) is 0 Å². The van der Waals surface area contributed by atoms with Crippen LogP contribution in [0.3, 0.4) is 0 Å². The number of fused-ring (bicyclic) bond motifs is 1. The number of aromatic nitrogens is 1. The lowest BCUT2D eigenvalue weighted by atomic mass is 9.98. The largest absolute Gasteiger partial charge is 0.381 e. The smallest absolute Gasteiger partial charge is 0.225 e. The van der Waals surface area contributed by atoms with Crippen LogP contribution in [0.2, 0.25) is 0 Å². The summed E-state index contributed by atoms with van der Waals surface area (Å²) in [6.07, 6.45) is 1.76. The maximum absolute atomic E-state index is 12.6. The third-order valence-electron chi connectivity index (χ3n) is 4.95. The number of hydrogen-bond acceptors (Lipinski definition) is 5. The van der Waals surface area contributed by atoms with Gasteiger partial charge in [-0.2, -0.15) is 0 Å². The number of ether oxygens (including phenoxy) is 1. The number of thiazole rings is 1. The Morgan fingerprint density at radius 1 is 1.17 bits per heavy atom. The predicted molar refractivity (Wildman–Crippen MR) is 95.0 cm³/mol. The van der Waals surface area contributed by atoms with E-state index in [-0.39, 0.29) is 5.92 Å². The van der Waals surface area contributed by atoms with Gasteiger partial charge in [-0.05, 0) is 25.0 Å². The lowest BCUT2D eigenvalue weighted by molar-refractivity contribution is -0.140. The van der Waals surface area contributed by atoms with Gasteiger partial charge in [-0.15, -0.1) is 11.3 Å². The van der Waals surface area contributed by atoms with E-state index < -0.39 is 0 Å². The summed E-state index contributed by atoms with van der Waals surface area (Å²) < 4.78 is 6.61. The summed E-state index contributed by atoms with van der Waals surface area (Å²) >= 11 is 1.77. The maximum atomic E-state index is 12.6. The Morgan fingerprint density at radius 3 is 2.67 bits per heavy atom. The molecule has 0 saturated carbocycles. The zero-order valence-electron chi connectivity index (χ0n) is 13.8. The molecule has 0 bridgehead atoms. The molecule has 4 rings (SSSR count). The van der Waals surface area contributed by atoms with Gasteiger partial charge >= 0.3 is 0 Å². The second-order valence-corrected chi connectivity index (χ2v) is 7.68. The predicted octanol–water partition coefficient (Wildman–Crippen LogP) is 2.37. The zero-order chi connectivity index (χ0) is 16.4. The molecule has 0 aliphatic carbocycles. The van der Waals surface area contributed by atoms with E-state index >= 15 is 0 Å². The normalized spacial score (nSPS) is 20.6. The summed E-state index contributed by atoms with van der Waals surface area (Å²) in [6, 6.07) is 8.29. The Balaban J connectivity index is 1.31. The fourth-order valence-electron chi connectivity index (χ4n) is 3.51. The summed E-state index contributed by atoms with van der Waals surface area (Å²) in [4.78, 5) is 21.7. The lowest BCUT2D eigenvalue weighted by Gasteiger charge is -2.36. The molecule has 0 N–H and O–H groups in total. The summed E-state index contributed by atoms with van der Waals surface area (Å²) in [5.74, 6) is 0.507. The van der Waals surface area contributed by atoms with E-state index in [1.807, 2.05) is 11.0 Å². The van der Waals surface area contributed by atoms with Gasteiger partial charge in [-0.3, -0.25) is 9.69 Å². The van der Waals surface area contributed by atoms with Crippen molar-refractivity contribution in [3.8, 4) is 0 Å². The molecule has 2 aliphatic heterocycles. The average molecular weight is 345 g/mol. The third kappa shape index (κ3) is 3.45. The first-order valence-corrected chi connectivity index (χ1v) is 9.54. The lowest BCUT2D eigenvalue weighted by Crippen LogP contribution is -2.50. The van der Waals surface area contributed by atoms with Crippen LogP contribution in [0.1, 0.15) is 17.8 Å². The van der Waals surface area contributed by atoms with Crippen molar-refractivity contribution < 1.29 is 9.53 Å². The molecular formula is C18H23N3O2S. The van der Waals surface area contributed by atoms with Gasteiger partial charge in [-0.25, -0.2) is 4.98 Å². The minimum absolute atomic E-state index is 0.176. The first kappa shape index (κ1) is 16.0. The fraction of sp³-hybridized carbons (Fsp3) is 0.556. The van der Waals surface area contributed by atoms with Gasteiger partial charge in [0.1, 0.15) is 5.01 Å². The van der Waals surface area contributed by atoms with Gasteiger partial charge in [0, 0.05) is 45.3 Å². The maximum Gasteiger partial charge on any atom is 0.225 e. The number of carbonyl (C=O) groups excluding carboxylic acids is 1. The highest BCUT2D eigenvalue weighted by Gasteiger charge is 2.28. The molecule has 2 aliphatic rings. The molecule has 3 heterocycles. The van der Waals surface area contributed by atoms with E-state index in [9.17, 15) is 4.79 Å². The van der Waals surface area contributed by atoms with Crippen molar-refractivity contribution in [2.75, 3.05) is 39.4 Å². The zero-order valence-corrected chi connectivity index (χ0v) is 14.6. The molecular weight excluding hydrogens is 322 g/mol. The molecule has 0 atom stereocenters. The Morgan fingerprint density at radius 2 is 1.92 bits per heavy atom. The Hall–Kier alpha value is -1.50. The first-order valence-electron chi connectivity index (χ1n) is 8.73. The first-order chi connectivity index (χ1) is 11.8. The molecule has 2 saturated heterocycles. The molecule has 5 nitrogen and oxygen atoms in total. The van der Waals surface area contributed by atoms with Gasteiger partial charge in [0.05, 0.1) is 16.8 Å². The number of nitrogens with zero attached hydrogens (tertiary/aromatic N) is 3. The Labute approximate surface area is 146 Å². The van der Waals surface area contributed by atoms with Gasteiger partial charge in [0.25, 0.3) is 0 Å². The van der Waals surface area contributed by atoms with Gasteiger partial charge < -0.3 is 9.64 Å². The molecule has 0 unspecified atom stereocenters. The van der Waals surface area contributed by atoms with E-state index in [1.165, 1.54) is 9.71 Å². The second kappa shape index (κ2) is 7.17. The van der Waals surface area contributed by atoms with Crippen molar-refractivity contribution >= 4 is 27.5 Å². The number of para-hydroxylation sites is 1. The van der Waals surface area contributed by atoms with Gasteiger partial charge in [0.15, 0.2) is 0 Å². The van der Waals surface area contributed by atoms with Crippen LogP contribution in [-0.4, -0.2) is 60.1 Å². The summed E-state index contributed by atoms with van der Waals surface area (Å²) in [5.41, 5.74) is 1.09. The topological polar surface area (TPSA) is 45.7 Å². The highest BCUT2D eigenvalue weighted by atomic mass is 32.1. The molecule has 128 valence electrons. The van der Waals surface area contributed by atoms with Crippen molar-refractivity contribution in [2.45, 2.75) is 19.4 Å². The highest BCUT2D eigenvalue weighted by Crippen LogP contribution is 2.23. The molecule has 0 spiro atoms. The summed E-state index contributed by atoms with van der Waals surface area (Å²) in [6.45, 7) is 5.89. The number of amides is 1.